The first-order valence-electron chi connectivity index (χ1n) is 10.8. The van der Waals surface area contributed by atoms with Crippen molar-refractivity contribution in [1.29, 1.82) is 0 Å². The third kappa shape index (κ3) is 6.23. The Morgan fingerprint density at radius 3 is 2.15 bits per heavy atom. The molecule has 3 aromatic carbocycles. The molecule has 0 heterocycles. The molecule has 3 aromatic rings. The highest BCUT2D eigenvalue weighted by molar-refractivity contribution is 7.90. The fourth-order valence-corrected chi connectivity index (χ4v) is 4.10. The summed E-state index contributed by atoms with van der Waals surface area (Å²) in [5.41, 5.74) is 3.17. The minimum Gasteiger partial charge on any atom is -0.452 e. The molecule has 3 rings (SSSR count). The number of esters is 1. The molecule has 178 valence electrons. The van der Waals surface area contributed by atoms with Crippen LogP contribution in [0.15, 0.2) is 77.7 Å². The predicted octanol–water partition coefficient (Wildman–Crippen LogP) is 4.74. The number of anilines is 3. The van der Waals surface area contributed by atoms with Crippen LogP contribution in [0, 0.1) is 6.92 Å². The van der Waals surface area contributed by atoms with E-state index in [4.69, 9.17) is 4.74 Å². The number of ether oxygens (including phenoxy) is 1. The number of hydrogen-bond acceptors (Lipinski definition) is 6. The maximum Gasteiger partial charge on any atom is 0.338 e. The number of sulfone groups is 1. The molecule has 34 heavy (non-hydrogen) atoms. The molecule has 1 N–H and O–H groups in total. The van der Waals surface area contributed by atoms with Crippen molar-refractivity contribution in [3.63, 3.8) is 0 Å². The number of para-hydroxylation sites is 1. The number of rotatable bonds is 8. The van der Waals surface area contributed by atoms with Gasteiger partial charge in [0, 0.05) is 29.4 Å². The Morgan fingerprint density at radius 1 is 0.941 bits per heavy atom. The lowest BCUT2D eigenvalue weighted by Crippen LogP contribution is -2.40. The first kappa shape index (κ1) is 25.0. The molecule has 7 nitrogen and oxygen atoms in total. The van der Waals surface area contributed by atoms with Crippen LogP contribution in [0.3, 0.4) is 0 Å². The van der Waals surface area contributed by atoms with Crippen LogP contribution in [0.4, 0.5) is 17.1 Å². The smallest absolute Gasteiger partial charge is 0.338 e. The first-order valence-corrected chi connectivity index (χ1v) is 12.7. The summed E-state index contributed by atoms with van der Waals surface area (Å²) in [6, 6.07) is 21.2. The average molecular weight is 481 g/mol. The molecule has 0 spiro atoms. The second kappa shape index (κ2) is 10.5. The molecular formula is C26H28N2O5S. The number of nitrogens with one attached hydrogen (secondary N) is 1. The Morgan fingerprint density at radius 2 is 1.56 bits per heavy atom. The molecule has 0 fully saturated rings. The van der Waals surface area contributed by atoms with E-state index in [9.17, 15) is 18.0 Å². The topological polar surface area (TPSA) is 92.8 Å². The Kier molecular flexibility index (Phi) is 7.73. The highest BCUT2D eigenvalue weighted by Crippen LogP contribution is 2.23. The average Bonchev–Trinajstić information content (AvgIpc) is 2.79. The van der Waals surface area contributed by atoms with Crippen molar-refractivity contribution in [1.82, 2.24) is 0 Å². The van der Waals surface area contributed by atoms with E-state index in [1.807, 2.05) is 68.4 Å². The molecule has 0 aliphatic heterocycles. The van der Waals surface area contributed by atoms with Gasteiger partial charge in [-0.15, -0.1) is 0 Å². The summed E-state index contributed by atoms with van der Waals surface area (Å²) in [5.74, 6) is -1.13. The van der Waals surface area contributed by atoms with Crippen molar-refractivity contribution in [2.75, 3.05) is 23.1 Å². The molecule has 0 aliphatic rings. The van der Waals surface area contributed by atoms with E-state index in [1.54, 1.807) is 17.9 Å². The third-order valence-corrected chi connectivity index (χ3v) is 6.29. The van der Waals surface area contributed by atoms with Crippen molar-refractivity contribution in [2.24, 2.45) is 0 Å². The SMILES string of the molecule is Cc1ccc(S(C)(=O)=O)cc1C(=O)OCC(=O)N(c1ccc(Nc2ccccc2)cc1)C(C)C. The summed E-state index contributed by atoms with van der Waals surface area (Å²) in [6.45, 7) is 4.95. The second-order valence-electron chi connectivity index (χ2n) is 8.22. The molecule has 0 atom stereocenters. The molecule has 0 unspecified atom stereocenters. The zero-order valence-corrected chi connectivity index (χ0v) is 20.4. The van der Waals surface area contributed by atoms with Crippen LogP contribution in [0.25, 0.3) is 0 Å². The zero-order chi connectivity index (χ0) is 24.9. The fourth-order valence-electron chi connectivity index (χ4n) is 3.45. The Labute approximate surface area is 200 Å². The Hall–Kier alpha value is -3.65. The van der Waals surface area contributed by atoms with E-state index in [2.05, 4.69) is 5.32 Å². The van der Waals surface area contributed by atoms with E-state index in [1.165, 1.54) is 12.1 Å². The summed E-state index contributed by atoms with van der Waals surface area (Å²) in [6.07, 6.45) is 1.07. The van der Waals surface area contributed by atoms with Crippen LogP contribution in [0.5, 0.6) is 0 Å². The summed E-state index contributed by atoms with van der Waals surface area (Å²) in [4.78, 5) is 27.1. The molecule has 0 saturated heterocycles. The van der Waals surface area contributed by atoms with Gasteiger partial charge in [-0.1, -0.05) is 24.3 Å². The first-order chi connectivity index (χ1) is 16.1. The third-order valence-electron chi connectivity index (χ3n) is 5.18. The molecule has 0 radical (unpaired) electrons. The zero-order valence-electron chi connectivity index (χ0n) is 19.6. The maximum absolute atomic E-state index is 12.9. The lowest BCUT2D eigenvalue weighted by molar-refractivity contribution is -0.122. The lowest BCUT2D eigenvalue weighted by atomic mass is 10.1. The highest BCUT2D eigenvalue weighted by Gasteiger charge is 2.22. The van der Waals surface area contributed by atoms with Crippen molar-refractivity contribution in [3.05, 3.63) is 83.9 Å². The van der Waals surface area contributed by atoms with Gasteiger partial charge < -0.3 is 15.0 Å². The number of aryl methyl sites for hydroxylation is 1. The molecular weight excluding hydrogens is 452 g/mol. The van der Waals surface area contributed by atoms with E-state index in [0.717, 1.165) is 17.6 Å². The quantitative estimate of drug-likeness (QED) is 0.468. The molecule has 0 aromatic heterocycles. The summed E-state index contributed by atoms with van der Waals surface area (Å²) in [5, 5.41) is 3.29. The number of carbonyl (C=O) groups is 2. The van der Waals surface area contributed by atoms with Crippen LogP contribution in [-0.2, 0) is 19.4 Å². The van der Waals surface area contributed by atoms with Gasteiger partial charge in [0.15, 0.2) is 16.4 Å². The van der Waals surface area contributed by atoms with Gasteiger partial charge in [0.25, 0.3) is 5.91 Å². The van der Waals surface area contributed by atoms with Gasteiger partial charge in [-0.25, -0.2) is 13.2 Å². The number of hydrogen-bond donors (Lipinski definition) is 1. The van der Waals surface area contributed by atoms with Crippen LogP contribution in [-0.4, -0.2) is 39.2 Å². The lowest BCUT2D eigenvalue weighted by Gasteiger charge is -2.27. The van der Waals surface area contributed by atoms with Gasteiger partial charge in [0.1, 0.15) is 0 Å². The molecule has 0 saturated carbocycles. The molecule has 0 aliphatic carbocycles. The normalized spacial score (nSPS) is 11.2. The van der Waals surface area contributed by atoms with Gasteiger partial charge in [0.05, 0.1) is 10.5 Å². The van der Waals surface area contributed by atoms with E-state index < -0.39 is 22.4 Å². The standard InChI is InChI=1S/C26H28N2O5S/c1-18(2)28(22-13-11-21(12-14-22)27-20-8-6-5-7-9-20)25(29)17-33-26(30)24-16-23(34(4,31)32)15-10-19(24)3/h5-16,18,27H,17H2,1-4H3. The van der Waals surface area contributed by atoms with E-state index in [-0.39, 0.29) is 22.4 Å². The minimum absolute atomic E-state index is 0.0179. The predicted molar refractivity (Wildman–Crippen MR) is 133 cm³/mol. The summed E-state index contributed by atoms with van der Waals surface area (Å²) < 4.78 is 28.9. The van der Waals surface area contributed by atoms with Gasteiger partial charge in [-0.2, -0.15) is 0 Å². The number of benzene rings is 3. The summed E-state index contributed by atoms with van der Waals surface area (Å²) in [7, 11) is -3.48. The monoisotopic (exact) mass is 480 g/mol. The molecule has 1 amide bonds. The van der Waals surface area contributed by atoms with Crippen LogP contribution in [0.2, 0.25) is 0 Å². The van der Waals surface area contributed by atoms with Gasteiger partial charge in [0.2, 0.25) is 0 Å². The van der Waals surface area contributed by atoms with Crippen molar-refractivity contribution in [2.45, 2.75) is 31.7 Å². The Balaban J connectivity index is 1.70. The largest absolute Gasteiger partial charge is 0.452 e. The second-order valence-corrected chi connectivity index (χ2v) is 10.2. The van der Waals surface area contributed by atoms with Gasteiger partial charge in [-0.05, 0) is 74.9 Å². The number of carbonyl (C=O) groups excluding carboxylic acids is 2. The molecule has 8 heteroatoms. The van der Waals surface area contributed by atoms with E-state index >= 15 is 0 Å². The number of nitrogens with zero attached hydrogens (tertiary/aromatic N) is 1. The van der Waals surface area contributed by atoms with Crippen LogP contribution < -0.4 is 10.2 Å². The van der Waals surface area contributed by atoms with Gasteiger partial charge >= 0.3 is 5.97 Å². The van der Waals surface area contributed by atoms with Crippen LogP contribution in [0.1, 0.15) is 29.8 Å². The molecule has 0 bridgehead atoms. The fraction of sp³-hybridized carbons (Fsp3) is 0.231. The minimum atomic E-state index is -3.48. The van der Waals surface area contributed by atoms with Gasteiger partial charge in [-0.3, -0.25) is 4.79 Å². The highest BCUT2D eigenvalue weighted by atomic mass is 32.2. The maximum atomic E-state index is 12.9. The van der Waals surface area contributed by atoms with E-state index in [0.29, 0.717) is 11.3 Å². The summed E-state index contributed by atoms with van der Waals surface area (Å²) >= 11 is 0. The number of amides is 1. The van der Waals surface area contributed by atoms with Crippen molar-refractivity contribution in [3.8, 4) is 0 Å². The van der Waals surface area contributed by atoms with Crippen molar-refractivity contribution < 1.29 is 22.7 Å². The van der Waals surface area contributed by atoms with Crippen molar-refractivity contribution >= 4 is 38.8 Å². The van der Waals surface area contributed by atoms with Crippen LogP contribution >= 0.6 is 0 Å². The Bertz CT molecular complexity index is 1270.